The lowest BCUT2D eigenvalue weighted by molar-refractivity contribution is 0.236. The van der Waals surface area contributed by atoms with E-state index in [0.717, 1.165) is 25.8 Å². The van der Waals surface area contributed by atoms with E-state index >= 15 is 0 Å². The average molecular weight is 293 g/mol. The van der Waals surface area contributed by atoms with Crippen molar-refractivity contribution in [3.63, 3.8) is 0 Å². The lowest BCUT2D eigenvalue weighted by atomic mass is 9.78. The van der Waals surface area contributed by atoms with Crippen molar-refractivity contribution in [1.29, 1.82) is 0 Å². The number of rotatable bonds is 10. The Balaban J connectivity index is 2.79. The van der Waals surface area contributed by atoms with Gasteiger partial charge in [0.25, 0.3) is 0 Å². The van der Waals surface area contributed by atoms with Crippen LogP contribution in [0.15, 0.2) is 12.3 Å². The molecule has 0 saturated carbocycles. The van der Waals surface area contributed by atoms with Crippen LogP contribution in [0.25, 0.3) is 0 Å². The van der Waals surface area contributed by atoms with Crippen LogP contribution < -0.4 is 5.32 Å². The predicted octanol–water partition coefficient (Wildman–Crippen LogP) is 4.59. The molecule has 1 heterocycles. The van der Waals surface area contributed by atoms with Gasteiger partial charge in [0.1, 0.15) is 0 Å². The molecule has 122 valence electrons. The van der Waals surface area contributed by atoms with Crippen LogP contribution in [0.5, 0.6) is 0 Å². The zero-order chi connectivity index (χ0) is 15.9. The van der Waals surface area contributed by atoms with Crippen LogP contribution in [-0.2, 0) is 6.42 Å². The van der Waals surface area contributed by atoms with Gasteiger partial charge in [-0.3, -0.25) is 4.68 Å². The second-order valence-corrected chi connectivity index (χ2v) is 6.68. The molecule has 0 aliphatic rings. The summed E-state index contributed by atoms with van der Waals surface area (Å²) in [5.74, 6) is 0. The third kappa shape index (κ3) is 5.14. The number of hydrogen-bond donors (Lipinski definition) is 1. The third-order valence-electron chi connectivity index (χ3n) is 4.92. The summed E-state index contributed by atoms with van der Waals surface area (Å²) in [6, 6.07) is 3.31. The molecule has 0 aliphatic carbocycles. The summed E-state index contributed by atoms with van der Waals surface area (Å²) in [6.45, 7) is 14.6. The molecule has 0 aliphatic heterocycles. The second-order valence-electron chi connectivity index (χ2n) is 6.68. The van der Waals surface area contributed by atoms with E-state index in [0.29, 0.717) is 17.5 Å². The van der Waals surface area contributed by atoms with Gasteiger partial charge < -0.3 is 5.32 Å². The summed E-state index contributed by atoms with van der Waals surface area (Å²) in [6.07, 6.45) is 7.94. The van der Waals surface area contributed by atoms with Gasteiger partial charge in [-0.05, 0) is 43.6 Å². The van der Waals surface area contributed by atoms with Crippen LogP contribution in [0, 0.1) is 5.41 Å². The molecule has 0 aromatic carbocycles. The Bertz CT molecular complexity index is 387. The van der Waals surface area contributed by atoms with Gasteiger partial charge in [0, 0.05) is 18.8 Å². The number of nitrogens with zero attached hydrogens (tertiary/aromatic N) is 2. The quantitative estimate of drug-likeness (QED) is 0.683. The molecule has 3 nitrogen and oxygen atoms in total. The highest BCUT2D eigenvalue weighted by Gasteiger charge is 2.27. The van der Waals surface area contributed by atoms with Gasteiger partial charge in [0.15, 0.2) is 0 Å². The molecule has 0 fully saturated rings. The Labute approximate surface area is 131 Å². The molecular weight excluding hydrogens is 258 g/mol. The summed E-state index contributed by atoms with van der Waals surface area (Å²) in [5, 5.41) is 8.47. The minimum atomic E-state index is 0.331. The van der Waals surface area contributed by atoms with E-state index in [1.54, 1.807) is 0 Å². The van der Waals surface area contributed by atoms with Crippen molar-refractivity contribution in [3.8, 4) is 0 Å². The smallest absolute Gasteiger partial charge is 0.0630 e. The first kappa shape index (κ1) is 18.2. The fourth-order valence-corrected chi connectivity index (χ4v) is 2.96. The molecule has 0 amide bonds. The Kier molecular flexibility index (Phi) is 7.44. The van der Waals surface area contributed by atoms with Crippen molar-refractivity contribution in [2.24, 2.45) is 5.41 Å². The van der Waals surface area contributed by atoms with Gasteiger partial charge in [0.2, 0.25) is 0 Å². The Hall–Kier alpha value is -0.830. The maximum absolute atomic E-state index is 4.85. The van der Waals surface area contributed by atoms with Crippen molar-refractivity contribution < 1.29 is 0 Å². The first-order valence-electron chi connectivity index (χ1n) is 8.77. The highest BCUT2D eigenvalue weighted by molar-refractivity contribution is 5.04. The Morgan fingerprint density at radius 2 is 1.76 bits per heavy atom. The summed E-state index contributed by atoms with van der Waals surface area (Å²) in [4.78, 5) is 0. The largest absolute Gasteiger partial charge is 0.314 e. The highest BCUT2D eigenvalue weighted by atomic mass is 15.3. The number of nitrogens with one attached hydrogen (secondary N) is 1. The van der Waals surface area contributed by atoms with E-state index in [4.69, 9.17) is 5.10 Å². The van der Waals surface area contributed by atoms with E-state index in [9.17, 15) is 0 Å². The molecule has 21 heavy (non-hydrogen) atoms. The third-order valence-corrected chi connectivity index (χ3v) is 4.92. The molecule has 0 unspecified atom stereocenters. The van der Waals surface area contributed by atoms with Crippen molar-refractivity contribution in [2.45, 2.75) is 85.7 Å². The average Bonchev–Trinajstić information content (AvgIpc) is 2.93. The fourth-order valence-electron chi connectivity index (χ4n) is 2.96. The summed E-state index contributed by atoms with van der Waals surface area (Å²) in [7, 11) is 0. The molecule has 0 atom stereocenters. The fraction of sp³-hybridized carbons (Fsp3) is 0.833. The van der Waals surface area contributed by atoms with E-state index in [-0.39, 0.29) is 0 Å². The molecule has 0 spiro atoms. The van der Waals surface area contributed by atoms with E-state index in [1.807, 2.05) is 0 Å². The Morgan fingerprint density at radius 1 is 1.14 bits per heavy atom. The molecule has 1 aromatic heterocycles. The number of hydrogen-bond acceptors (Lipinski definition) is 2. The van der Waals surface area contributed by atoms with E-state index < -0.39 is 0 Å². The molecule has 3 heteroatoms. The summed E-state index contributed by atoms with van der Waals surface area (Å²) >= 11 is 0. The standard InChI is InChI=1S/C18H35N3/c1-7-17(8-2)21-12-11-16(20-21)13-18(9-3,10-4)14-19-15(5)6/h11-12,15,17,19H,7-10,13-14H2,1-6H3. The molecule has 0 radical (unpaired) electrons. The van der Waals surface area contributed by atoms with Gasteiger partial charge >= 0.3 is 0 Å². The van der Waals surface area contributed by atoms with Crippen molar-refractivity contribution in [2.75, 3.05) is 6.54 Å². The maximum atomic E-state index is 4.85. The summed E-state index contributed by atoms with van der Waals surface area (Å²) < 4.78 is 2.17. The van der Waals surface area contributed by atoms with Crippen LogP contribution in [-0.4, -0.2) is 22.4 Å². The zero-order valence-electron chi connectivity index (χ0n) is 14.9. The van der Waals surface area contributed by atoms with Crippen LogP contribution in [0.2, 0.25) is 0 Å². The van der Waals surface area contributed by atoms with Crippen LogP contribution in [0.1, 0.15) is 79.0 Å². The first-order chi connectivity index (χ1) is 10.00. The van der Waals surface area contributed by atoms with Gasteiger partial charge in [-0.25, -0.2) is 0 Å². The molecule has 1 rings (SSSR count). The van der Waals surface area contributed by atoms with Crippen molar-refractivity contribution >= 4 is 0 Å². The van der Waals surface area contributed by atoms with Gasteiger partial charge in [0.05, 0.1) is 11.7 Å². The normalized spacial score (nSPS) is 12.6. The first-order valence-corrected chi connectivity index (χ1v) is 8.77. The van der Waals surface area contributed by atoms with Crippen molar-refractivity contribution in [1.82, 2.24) is 15.1 Å². The SMILES string of the molecule is CCC(CC)n1ccc(CC(CC)(CC)CNC(C)C)n1. The Morgan fingerprint density at radius 3 is 2.24 bits per heavy atom. The van der Waals surface area contributed by atoms with Crippen LogP contribution >= 0.6 is 0 Å². The topological polar surface area (TPSA) is 29.9 Å². The van der Waals surface area contributed by atoms with Crippen LogP contribution in [0.3, 0.4) is 0 Å². The molecule has 0 bridgehead atoms. The minimum Gasteiger partial charge on any atom is -0.314 e. The zero-order valence-corrected chi connectivity index (χ0v) is 14.9. The lowest BCUT2D eigenvalue weighted by Crippen LogP contribution is -2.38. The van der Waals surface area contributed by atoms with E-state index in [1.165, 1.54) is 18.5 Å². The van der Waals surface area contributed by atoms with Gasteiger partial charge in [-0.1, -0.05) is 41.5 Å². The van der Waals surface area contributed by atoms with Crippen molar-refractivity contribution in [3.05, 3.63) is 18.0 Å². The number of aromatic nitrogens is 2. The summed E-state index contributed by atoms with van der Waals surface area (Å²) in [5.41, 5.74) is 1.58. The lowest BCUT2D eigenvalue weighted by Gasteiger charge is -2.32. The monoisotopic (exact) mass is 293 g/mol. The van der Waals surface area contributed by atoms with E-state index in [2.05, 4.69) is 63.8 Å². The van der Waals surface area contributed by atoms with Crippen LogP contribution in [0.4, 0.5) is 0 Å². The second kappa shape index (κ2) is 8.57. The minimum absolute atomic E-state index is 0.331. The molecule has 0 saturated heterocycles. The van der Waals surface area contributed by atoms with Gasteiger partial charge in [-0.15, -0.1) is 0 Å². The predicted molar refractivity (Wildman–Crippen MR) is 91.7 cm³/mol. The van der Waals surface area contributed by atoms with Gasteiger partial charge in [-0.2, -0.15) is 5.10 Å². The highest BCUT2D eigenvalue weighted by Crippen LogP contribution is 2.30. The molecular formula is C18H35N3. The molecule has 1 N–H and O–H groups in total. The maximum Gasteiger partial charge on any atom is 0.0630 e. The molecule has 1 aromatic rings.